The molecule has 0 amide bonds. The average molecular weight is 577 g/mol. The molecule has 3 heterocycles. The summed E-state index contributed by atoms with van der Waals surface area (Å²) in [5.74, 6) is 3.40. The van der Waals surface area contributed by atoms with E-state index in [-0.39, 0.29) is 6.71 Å². The molecular weight excluding hydrogens is 553 g/mol. The van der Waals surface area contributed by atoms with Crippen LogP contribution in [0.5, 0.6) is 23.0 Å². The van der Waals surface area contributed by atoms with Gasteiger partial charge in [0.05, 0.1) is 5.69 Å². The molecule has 0 saturated heterocycles. The summed E-state index contributed by atoms with van der Waals surface area (Å²) in [6.07, 6.45) is 0. The molecule has 0 spiro atoms. The molecule has 45 heavy (non-hydrogen) atoms. The minimum atomic E-state index is -0.0205. The molecule has 5 heteroatoms. The SMILES string of the molecule is c1ccc(N(c2ccc3c(c2)Oc2cccc4c2B3c2c(ccc3ccccc23)O4)c2cccc3c2oc2ccccc23)cc1. The van der Waals surface area contributed by atoms with Gasteiger partial charge in [-0.25, -0.2) is 0 Å². The average Bonchev–Trinajstić information content (AvgIpc) is 3.48. The van der Waals surface area contributed by atoms with E-state index >= 15 is 0 Å². The zero-order chi connectivity index (χ0) is 29.5. The highest BCUT2D eigenvalue weighted by Gasteiger charge is 2.41. The van der Waals surface area contributed by atoms with E-state index in [1.165, 1.54) is 16.2 Å². The first-order valence-corrected chi connectivity index (χ1v) is 15.2. The lowest BCUT2D eigenvalue weighted by Crippen LogP contribution is -2.57. The van der Waals surface area contributed by atoms with Gasteiger partial charge in [0.2, 0.25) is 0 Å². The number of furan rings is 1. The molecule has 0 fully saturated rings. The third kappa shape index (κ3) is 3.55. The number of ether oxygens (including phenoxy) is 2. The van der Waals surface area contributed by atoms with E-state index in [9.17, 15) is 0 Å². The van der Waals surface area contributed by atoms with Crippen molar-refractivity contribution < 1.29 is 13.9 Å². The molecule has 0 aliphatic carbocycles. The highest BCUT2D eigenvalue weighted by atomic mass is 16.5. The number of fused-ring (bicyclic) bond motifs is 9. The molecule has 7 aromatic carbocycles. The summed E-state index contributed by atoms with van der Waals surface area (Å²) in [4.78, 5) is 2.26. The summed E-state index contributed by atoms with van der Waals surface area (Å²) in [6, 6.07) is 50.5. The van der Waals surface area contributed by atoms with Gasteiger partial charge < -0.3 is 18.8 Å². The largest absolute Gasteiger partial charge is 0.458 e. The first-order chi connectivity index (χ1) is 22.3. The Labute approximate surface area is 259 Å². The predicted octanol–water partition coefficient (Wildman–Crippen LogP) is 8.94. The van der Waals surface area contributed by atoms with Gasteiger partial charge in [-0.05, 0) is 70.2 Å². The lowest BCUT2D eigenvalue weighted by atomic mass is 9.34. The van der Waals surface area contributed by atoms with Crippen molar-refractivity contribution in [2.45, 2.75) is 0 Å². The van der Waals surface area contributed by atoms with Crippen LogP contribution in [0.3, 0.4) is 0 Å². The van der Waals surface area contributed by atoms with Crippen molar-refractivity contribution in [3.63, 3.8) is 0 Å². The van der Waals surface area contributed by atoms with Gasteiger partial charge >= 0.3 is 0 Å². The van der Waals surface area contributed by atoms with E-state index in [0.717, 1.165) is 72.9 Å². The van der Waals surface area contributed by atoms with Gasteiger partial charge in [0.15, 0.2) is 5.58 Å². The number of hydrogen-bond donors (Lipinski definition) is 0. The molecular formula is C40H24BNO3. The number of nitrogens with zero attached hydrogens (tertiary/aromatic N) is 1. The third-order valence-electron chi connectivity index (χ3n) is 9.18. The maximum atomic E-state index is 6.72. The number of anilines is 3. The van der Waals surface area contributed by atoms with Crippen molar-refractivity contribution in [3.8, 4) is 23.0 Å². The quantitative estimate of drug-likeness (QED) is 0.197. The van der Waals surface area contributed by atoms with Crippen molar-refractivity contribution >= 4 is 72.9 Å². The number of hydrogen-bond acceptors (Lipinski definition) is 4. The second kappa shape index (κ2) is 9.28. The van der Waals surface area contributed by atoms with Gasteiger partial charge in [0, 0.05) is 33.7 Å². The molecule has 1 aromatic heterocycles. The van der Waals surface area contributed by atoms with Crippen molar-refractivity contribution in [3.05, 3.63) is 146 Å². The third-order valence-corrected chi connectivity index (χ3v) is 9.18. The Kier molecular flexibility index (Phi) is 5.05. The van der Waals surface area contributed by atoms with Gasteiger partial charge in [-0.2, -0.15) is 0 Å². The van der Waals surface area contributed by atoms with Crippen LogP contribution in [-0.4, -0.2) is 6.71 Å². The Morgan fingerprint density at radius 3 is 2.07 bits per heavy atom. The molecule has 210 valence electrons. The molecule has 0 bridgehead atoms. The van der Waals surface area contributed by atoms with Crippen LogP contribution >= 0.6 is 0 Å². The van der Waals surface area contributed by atoms with Crippen LogP contribution in [0, 0.1) is 0 Å². The maximum absolute atomic E-state index is 6.72. The minimum absolute atomic E-state index is 0.0205. The molecule has 4 nitrogen and oxygen atoms in total. The van der Waals surface area contributed by atoms with Crippen LogP contribution in [0.1, 0.15) is 0 Å². The van der Waals surface area contributed by atoms with E-state index in [2.05, 4.69) is 114 Å². The van der Waals surface area contributed by atoms with Crippen molar-refractivity contribution in [1.82, 2.24) is 0 Å². The Bertz CT molecular complexity index is 2470. The van der Waals surface area contributed by atoms with Gasteiger partial charge in [-0.3, -0.25) is 0 Å². The van der Waals surface area contributed by atoms with Crippen LogP contribution in [0.15, 0.2) is 150 Å². The first kappa shape index (κ1) is 24.5. The highest BCUT2D eigenvalue weighted by Crippen LogP contribution is 2.44. The van der Waals surface area contributed by atoms with Crippen LogP contribution in [0.25, 0.3) is 32.7 Å². The topological polar surface area (TPSA) is 34.8 Å². The lowest BCUT2D eigenvalue weighted by Gasteiger charge is -2.34. The smallest absolute Gasteiger partial charge is 0.261 e. The fourth-order valence-corrected chi connectivity index (χ4v) is 7.24. The van der Waals surface area contributed by atoms with E-state index < -0.39 is 0 Å². The molecule has 0 saturated carbocycles. The minimum Gasteiger partial charge on any atom is -0.458 e. The summed E-state index contributed by atoms with van der Waals surface area (Å²) in [7, 11) is 0. The summed E-state index contributed by atoms with van der Waals surface area (Å²) in [6.45, 7) is -0.0205. The van der Waals surface area contributed by atoms with E-state index in [0.29, 0.717) is 0 Å². The molecule has 0 radical (unpaired) electrons. The molecule has 8 aromatic rings. The Morgan fingerprint density at radius 1 is 0.467 bits per heavy atom. The zero-order valence-electron chi connectivity index (χ0n) is 24.1. The monoisotopic (exact) mass is 577 g/mol. The van der Waals surface area contributed by atoms with Crippen LogP contribution < -0.4 is 30.8 Å². The molecule has 10 rings (SSSR count). The second-order valence-electron chi connectivity index (χ2n) is 11.6. The van der Waals surface area contributed by atoms with Crippen LogP contribution in [-0.2, 0) is 0 Å². The first-order valence-electron chi connectivity index (χ1n) is 15.2. The molecule has 2 aliphatic rings. The lowest BCUT2D eigenvalue weighted by molar-refractivity contribution is 0.465. The van der Waals surface area contributed by atoms with E-state index in [1.54, 1.807) is 0 Å². The van der Waals surface area contributed by atoms with Gasteiger partial charge in [-0.1, -0.05) is 91.0 Å². The fourth-order valence-electron chi connectivity index (χ4n) is 7.24. The van der Waals surface area contributed by atoms with Gasteiger partial charge in [0.25, 0.3) is 6.71 Å². The van der Waals surface area contributed by atoms with Gasteiger partial charge in [0.1, 0.15) is 28.6 Å². The summed E-state index contributed by atoms with van der Waals surface area (Å²) >= 11 is 0. The molecule has 0 N–H and O–H groups in total. The Morgan fingerprint density at radius 2 is 1.18 bits per heavy atom. The molecule has 0 unspecified atom stereocenters. The number of para-hydroxylation sites is 3. The van der Waals surface area contributed by atoms with Crippen molar-refractivity contribution in [1.29, 1.82) is 0 Å². The molecule has 0 atom stereocenters. The Hall–Kier alpha value is -5.94. The fraction of sp³-hybridized carbons (Fsp3) is 0. The van der Waals surface area contributed by atoms with Crippen LogP contribution in [0.4, 0.5) is 17.1 Å². The standard InChI is InChI=1S/C40H24BNO3/c1-2-11-26(12-3-1)42(32-16-8-15-30-29-14-6-7-17-33(29)45-40(30)32)27-21-22-31-37(24-27)44-35-19-9-18-34-39(35)41(31)38-28-13-5-4-10-25(28)20-23-36(38)43-34/h1-24H. The predicted molar refractivity (Wildman–Crippen MR) is 184 cm³/mol. The van der Waals surface area contributed by atoms with Crippen molar-refractivity contribution in [2.75, 3.05) is 4.90 Å². The van der Waals surface area contributed by atoms with Gasteiger partial charge in [-0.15, -0.1) is 0 Å². The van der Waals surface area contributed by atoms with Crippen LogP contribution in [0.2, 0.25) is 0 Å². The summed E-state index contributed by atoms with van der Waals surface area (Å²) in [5, 5.41) is 4.58. The van der Waals surface area contributed by atoms with E-state index in [4.69, 9.17) is 13.9 Å². The summed E-state index contributed by atoms with van der Waals surface area (Å²) in [5.41, 5.74) is 8.08. The Balaban J connectivity index is 1.20. The second-order valence-corrected chi connectivity index (χ2v) is 11.6. The van der Waals surface area contributed by atoms with Crippen molar-refractivity contribution in [2.24, 2.45) is 0 Å². The normalized spacial score (nSPS) is 12.8. The number of benzene rings is 7. The molecule has 2 aliphatic heterocycles. The highest BCUT2D eigenvalue weighted by molar-refractivity contribution is 6.99. The van der Waals surface area contributed by atoms with E-state index in [1.807, 2.05) is 36.4 Å². The maximum Gasteiger partial charge on any atom is 0.261 e. The zero-order valence-corrected chi connectivity index (χ0v) is 24.1. The number of rotatable bonds is 3. The summed E-state index contributed by atoms with van der Waals surface area (Å²) < 4.78 is 19.7.